The number of aliphatic carboxylic acids is 1. The second-order valence-electron chi connectivity index (χ2n) is 9.23. The Balaban J connectivity index is 1.55. The van der Waals surface area contributed by atoms with Crippen molar-refractivity contribution in [3.63, 3.8) is 0 Å². The highest BCUT2D eigenvalue weighted by molar-refractivity contribution is 6.32. The molecule has 0 bridgehead atoms. The molecule has 1 aromatic heterocycles. The molecule has 0 amide bonds. The summed E-state index contributed by atoms with van der Waals surface area (Å²) in [6, 6.07) is 21.2. The molecule has 0 saturated heterocycles. The number of fused-ring (bicyclic) bond motifs is 1. The van der Waals surface area contributed by atoms with Gasteiger partial charge in [-0.15, -0.1) is 0 Å². The summed E-state index contributed by atoms with van der Waals surface area (Å²) >= 11 is 6.21. The van der Waals surface area contributed by atoms with Crippen LogP contribution in [-0.2, 0) is 30.4 Å². The second-order valence-corrected chi connectivity index (χ2v) is 9.61. The summed E-state index contributed by atoms with van der Waals surface area (Å²) in [6.07, 6.45) is -4.08. The van der Waals surface area contributed by atoms with Crippen LogP contribution in [-0.4, -0.2) is 29.1 Å². The minimum Gasteiger partial charge on any atom is -0.481 e. The van der Waals surface area contributed by atoms with Crippen molar-refractivity contribution >= 4 is 28.5 Å². The summed E-state index contributed by atoms with van der Waals surface area (Å²) in [5, 5.41) is 9.63. The van der Waals surface area contributed by atoms with Gasteiger partial charge in [-0.25, -0.2) is 0 Å². The summed E-state index contributed by atoms with van der Waals surface area (Å²) in [5.74, 6) is -0.0578. The number of hydrogen-bond acceptors (Lipinski definition) is 3. The molecule has 1 N–H and O–H groups in total. The Hall–Kier alpha value is -3.29. The first-order chi connectivity index (χ1) is 17.6. The average molecular weight is 530 g/mol. The number of furan rings is 1. The fraction of sp³-hybridized carbons (Fsp3) is 0.276. The van der Waals surface area contributed by atoms with E-state index in [1.54, 1.807) is 18.2 Å². The number of hydrogen-bond donors (Lipinski definition) is 1. The molecule has 1 atom stereocenters. The Morgan fingerprint density at radius 2 is 1.81 bits per heavy atom. The van der Waals surface area contributed by atoms with Gasteiger partial charge in [0.25, 0.3) is 0 Å². The van der Waals surface area contributed by atoms with E-state index in [1.165, 1.54) is 6.07 Å². The van der Waals surface area contributed by atoms with Crippen LogP contribution >= 0.6 is 11.6 Å². The van der Waals surface area contributed by atoms with Crippen LogP contribution in [0, 0.1) is 0 Å². The number of rotatable bonds is 10. The van der Waals surface area contributed by atoms with Gasteiger partial charge in [-0.2, -0.15) is 13.2 Å². The third kappa shape index (κ3) is 6.93. The van der Waals surface area contributed by atoms with E-state index in [-0.39, 0.29) is 23.9 Å². The molecule has 0 radical (unpaired) electrons. The van der Waals surface area contributed by atoms with Crippen LogP contribution < -0.4 is 0 Å². The van der Waals surface area contributed by atoms with Gasteiger partial charge in [0.2, 0.25) is 0 Å². The van der Waals surface area contributed by atoms with Crippen LogP contribution in [0.15, 0.2) is 77.2 Å². The minimum absolute atomic E-state index is 0.0884. The summed E-state index contributed by atoms with van der Waals surface area (Å²) in [6.45, 7) is 3.48. The lowest BCUT2D eigenvalue weighted by atomic mass is 10.00. The van der Waals surface area contributed by atoms with Crippen LogP contribution in [0.25, 0.3) is 11.0 Å². The number of nitrogens with zero attached hydrogens (tertiary/aromatic N) is 1. The number of carboxylic acids is 1. The zero-order valence-corrected chi connectivity index (χ0v) is 21.0. The van der Waals surface area contributed by atoms with Gasteiger partial charge in [0, 0.05) is 31.4 Å². The van der Waals surface area contributed by atoms with Crippen molar-refractivity contribution in [2.45, 2.75) is 38.4 Å². The predicted molar refractivity (Wildman–Crippen MR) is 138 cm³/mol. The standard InChI is InChI=1S/C29H27ClF3NO3/c1-19(21-6-3-2-4-7-21)17-34(18-23-8-5-9-25(28(23)30)29(31,32)33)13-12-24-16-22-11-10-20(15-27(35)36)14-26(22)37-24/h2-11,14,16,19H,12-13,15,17-18H2,1H3,(H,35,36)/t19-/m0/s1. The topological polar surface area (TPSA) is 53.7 Å². The predicted octanol–water partition coefficient (Wildman–Crippen LogP) is 7.58. The molecule has 3 aromatic carbocycles. The lowest BCUT2D eigenvalue weighted by Crippen LogP contribution is -2.30. The molecule has 0 saturated carbocycles. The SMILES string of the molecule is C[C@@H](CN(CCc1cc2ccc(CC(=O)O)cc2o1)Cc1cccc(C(F)(F)F)c1Cl)c1ccccc1. The fourth-order valence-electron chi connectivity index (χ4n) is 4.48. The number of halogens is 4. The molecule has 37 heavy (non-hydrogen) atoms. The van der Waals surface area contributed by atoms with Gasteiger partial charge in [-0.1, -0.05) is 73.1 Å². The van der Waals surface area contributed by atoms with Crippen LogP contribution in [0.1, 0.15) is 40.9 Å². The van der Waals surface area contributed by atoms with E-state index >= 15 is 0 Å². The number of carbonyl (C=O) groups is 1. The maximum absolute atomic E-state index is 13.4. The average Bonchev–Trinajstić information content (AvgIpc) is 3.25. The zero-order chi connectivity index (χ0) is 26.6. The molecule has 0 aliphatic rings. The second kappa shape index (κ2) is 11.4. The van der Waals surface area contributed by atoms with Gasteiger partial charge in [-0.3, -0.25) is 9.69 Å². The Morgan fingerprint density at radius 1 is 1.05 bits per heavy atom. The maximum atomic E-state index is 13.4. The van der Waals surface area contributed by atoms with Crippen LogP contribution in [0.5, 0.6) is 0 Å². The first kappa shape index (κ1) is 26.8. The van der Waals surface area contributed by atoms with Crippen molar-refractivity contribution < 1.29 is 27.5 Å². The van der Waals surface area contributed by atoms with Gasteiger partial charge in [0.15, 0.2) is 0 Å². The summed E-state index contributed by atoms with van der Waals surface area (Å²) < 4.78 is 46.2. The molecular formula is C29H27ClF3NO3. The monoisotopic (exact) mass is 529 g/mol. The summed E-state index contributed by atoms with van der Waals surface area (Å²) in [5.41, 5.74) is 1.98. The Bertz CT molecular complexity index is 1370. The third-order valence-corrected chi connectivity index (χ3v) is 6.79. The first-order valence-electron chi connectivity index (χ1n) is 11.9. The Morgan fingerprint density at radius 3 is 2.51 bits per heavy atom. The molecule has 194 valence electrons. The van der Waals surface area contributed by atoms with Gasteiger partial charge in [-0.05, 0) is 40.8 Å². The zero-order valence-electron chi connectivity index (χ0n) is 20.3. The molecule has 4 rings (SSSR count). The molecule has 0 unspecified atom stereocenters. The highest BCUT2D eigenvalue weighted by atomic mass is 35.5. The van der Waals surface area contributed by atoms with E-state index < -0.39 is 17.7 Å². The lowest BCUT2D eigenvalue weighted by molar-refractivity contribution is -0.138. The first-order valence-corrected chi connectivity index (χ1v) is 12.3. The largest absolute Gasteiger partial charge is 0.481 e. The van der Waals surface area contributed by atoms with Crippen molar-refractivity contribution in [3.05, 3.63) is 106 Å². The van der Waals surface area contributed by atoms with Crippen LogP contribution in [0.4, 0.5) is 13.2 Å². The van der Waals surface area contributed by atoms with Crippen molar-refractivity contribution in [1.29, 1.82) is 0 Å². The van der Waals surface area contributed by atoms with Crippen LogP contribution in [0.2, 0.25) is 5.02 Å². The van der Waals surface area contributed by atoms with E-state index in [0.29, 0.717) is 36.2 Å². The number of alkyl halides is 3. The van der Waals surface area contributed by atoms with Crippen molar-refractivity contribution in [2.75, 3.05) is 13.1 Å². The number of benzene rings is 3. The molecule has 0 fully saturated rings. The summed E-state index contributed by atoms with van der Waals surface area (Å²) in [4.78, 5) is 13.1. The third-order valence-electron chi connectivity index (χ3n) is 6.34. The smallest absolute Gasteiger partial charge is 0.417 e. The maximum Gasteiger partial charge on any atom is 0.417 e. The molecule has 4 aromatic rings. The van der Waals surface area contributed by atoms with E-state index in [0.717, 1.165) is 22.8 Å². The molecule has 0 aliphatic heterocycles. The highest BCUT2D eigenvalue weighted by Crippen LogP contribution is 2.36. The Kier molecular flexibility index (Phi) is 8.25. The van der Waals surface area contributed by atoms with Gasteiger partial charge < -0.3 is 9.52 Å². The quantitative estimate of drug-likeness (QED) is 0.230. The van der Waals surface area contributed by atoms with Crippen molar-refractivity contribution in [2.24, 2.45) is 0 Å². The Labute approximate surface area is 218 Å². The van der Waals surface area contributed by atoms with E-state index in [9.17, 15) is 18.0 Å². The normalized spacial score (nSPS) is 12.8. The van der Waals surface area contributed by atoms with Crippen molar-refractivity contribution in [1.82, 2.24) is 4.90 Å². The van der Waals surface area contributed by atoms with E-state index in [2.05, 4.69) is 11.8 Å². The molecule has 1 heterocycles. The molecule has 0 aliphatic carbocycles. The highest BCUT2D eigenvalue weighted by Gasteiger charge is 2.34. The van der Waals surface area contributed by atoms with Gasteiger partial charge >= 0.3 is 12.1 Å². The fourth-order valence-corrected chi connectivity index (χ4v) is 4.77. The van der Waals surface area contributed by atoms with Gasteiger partial charge in [0.05, 0.1) is 17.0 Å². The van der Waals surface area contributed by atoms with Gasteiger partial charge in [0.1, 0.15) is 11.3 Å². The number of carboxylic acid groups (broad SMARTS) is 1. The molecular weight excluding hydrogens is 503 g/mol. The molecule has 8 heteroatoms. The minimum atomic E-state index is -4.52. The molecule has 0 spiro atoms. The van der Waals surface area contributed by atoms with Crippen LogP contribution in [0.3, 0.4) is 0 Å². The summed E-state index contributed by atoms with van der Waals surface area (Å²) in [7, 11) is 0. The van der Waals surface area contributed by atoms with Crippen molar-refractivity contribution in [3.8, 4) is 0 Å². The van der Waals surface area contributed by atoms with E-state index in [4.69, 9.17) is 21.1 Å². The van der Waals surface area contributed by atoms with E-state index in [1.807, 2.05) is 42.5 Å². The molecule has 4 nitrogen and oxygen atoms in total. The lowest BCUT2D eigenvalue weighted by Gasteiger charge is -2.27.